The Morgan fingerprint density at radius 3 is 2.26 bits per heavy atom. The van der Waals surface area contributed by atoms with E-state index in [1.807, 2.05) is 67.6 Å². The number of carbonyl (C=O) groups excluding carboxylic acids is 3. The molecule has 2 atom stereocenters. The highest BCUT2D eigenvalue weighted by atomic mass is 16.2. The van der Waals surface area contributed by atoms with Gasteiger partial charge < -0.3 is 5.32 Å². The van der Waals surface area contributed by atoms with Crippen LogP contribution in [0.2, 0.25) is 0 Å². The lowest BCUT2D eigenvalue weighted by Gasteiger charge is -2.36. The van der Waals surface area contributed by atoms with E-state index < -0.39 is 17.5 Å². The monoisotopic (exact) mass is 418 g/mol. The summed E-state index contributed by atoms with van der Waals surface area (Å²) < 4.78 is 0. The Bertz CT molecular complexity index is 964. The van der Waals surface area contributed by atoms with Gasteiger partial charge in [-0.15, -0.1) is 0 Å². The van der Waals surface area contributed by atoms with E-state index in [9.17, 15) is 14.4 Å². The van der Waals surface area contributed by atoms with Crippen molar-refractivity contribution in [3.8, 4) is 0 Å². The molecular formula is C24H26N4O3. The van der Waals surface area contributed by atoms with Crippen LogP contribution < -0.4 is 10.7 Å². The summed E-state index contributed by atoms with van der Waals surface area (Å²) >= 11 is 0. The second-order valence-corrected chi connectivity index (χ2v) is 8.17. The van der Waals surface area contributed by atoms with Gasteiger partial charge in [-0.05, 0) is 18.8 Å². The molecule has 4 amide bonds. The van der Waals surface area contributed by atoms with Crippen LogP contribution in [0.1, 0.15) is 43.7 Å². The molecule has 1 saturated carbocycles. The van der Waals surface area contributed by atoms with Crippen molar-refractivity contribution in [2.45, 2.75) is 38.1 Å². The first-order valence-corrected chi connectivity index (χ1v) is 10.6. The second-order valence-electron chi connectivity index (χ2n) is 8.17. The fraction of sp³-hybridized carbons (Fsp3) is 0.333. The smallest absolute Gasteiger partial charge is 0.323 e. The molecule has 2 N–H and O–H groups in total. The molecular weight excluding hydrogens is 392 g/mol. The maximum Gasteiger partial charge on any atom is 0.325 e. The van der Waals surface area contributed by atoms with Crippen LogP contribution in [-0.4, -0.2) is 40.5 Å². The number of nitrogens with one attached hydrogen (secondary N) is 2. The standard InChI is InChI=1S/C24H26N4O3/c1-17-10-8-9-15-24(17)22(30)28(23(31)25-24)16-20(29)26-27-21(18-11-4-2-5-12-18)19-13-6-3-7-14-19/h2-7,11-14,17H,8-10,15-16H2,1H3,(H,25,31)(H,26,29). The van der Waals surface area contributed by atoms with Gasteiger partial charge in [0.2, 0.25) is 0 Å². The minimum atomic E-state index is -0.877. The van der Waals surface area contributed by atoms with E-state index in [4.69, 9.17) is 0 Å². The van der Waals surface area contributed by atoms with Gasteiger partial charge in [-0.1, -0.05) is 80.4 Å². The number of hydrazone groups is 1. The van der Waals surface area contributed by atoms with Crippen molar-refractivity contribution in [3.63, 3.8) is 0 Å². The van der Waals surface area contributed by atoms with Crippen molar-refractivity contribution >= 4 is 23.6 Å². The van der Waals surface area contributed by atoms with Crippen molar-refractivity contribution in [1.29, 1.82) is 0 Å². The van der Waals surface area contributed by atoms with Crippen LogP contribution in [0.4, 0.5) is 4.79 Å². The zero-order chi connectivity index (χ0) is 21.8. The maximum absolute atomic E-state index is 13.0. The summed E-state index contributed by atoms with van der Waals surface area (Å²) in [6.45, 7) is 1.62. The second kappa shape index (κ2) is 8.71. The fourth-order valence-electron chi connectivity index (χ4n) is 4.42. The number of nitrogens with zero attached hydrogens (tertiary/aromatic N) is 2. The molecule has 2 aliphatic rings. The highest BCUT2D eigenvalue weighted by Gasteiger charge is 2.55. The molecule has 7 nitrogen and oxygen atoms in total. The Labute approximate surface area is 181 Å². The third-order valence-corrected chi connectivity index (χ3v) is 6.19. The first-order chi connectivity index (χ1) is 15.0. The van der Waals surface area contributed by atoms with Gasteiger partial charge in [0.15, 0.2) is 0 Å². The first kappa shape index (κ1) is 20.8. The van der Waals surface area contributed by atoms with Crippen molar-refractivity contribution in [1.82, 2.24) is 15.6 Å². The number of carbonyl (C=O) groups is 3. The van der Waals surface area contributed by atoms with Gasteiger partial charge in [-0.3, -0.25) is 14.5 Å². The van der Waals surface area contributed by atoms with Gasteiger partial charge in [0, 0.05) is 11.1 Å². The van der Waals surface area contributed by atoms with Crippen LogP contribution >= 0.6 is 0 Å². The SMILES string of the molecule is CC1CCCCC12NC(=O)N(CC(=O)NN=C(c1ccccc1)c1ccccc1)C2=O. The Hall–Kier alpha value is -3.48. The van der Waals surface area contributed by atoms with Crippen LogP contribution in [0, 0.1) is 5.92 Å². The van der Waals surface area contributed by atoms with E-state index in [-0.39, 0.29) is 18.4 Å². The largest absolute Gasteiger partial charge is 0.325 e. The number of amides is 4. The van der Waals surface area contributed by atoms with Crippen LogP contribution in [0.15, 0.2) is 65.8 Å². The van der Waals surface area contributed by atoms with Gasteiger partial charge in [0.05, 0.1) is 5.71 Å². The number of rotatable bonds is 5. The quantitative estimate of drug-likeness (QED) is 0.444. The molecule has 2 unspecified atom stereocenters. The minimum absolute atomic E-state index is 0.0477. The molecule has 0 radical (unpaired) electrons. The van der Waals surface area contributed by atoms with Crippen LogP contribution in [0.25, 0.3) is 0 Å². The molecule has 2 aromatic carbocycles. The van der Waals surface area contributed by atoms with Crippen molar-refractivity contribution < 1.29 is 14.4 Å². The zero-order valence-electron chi connectivity index (χ0n) is 17.5. The summed E-state index contributed by atoms with van der Waals surface area (Å²) in [5, 5.41) is 7.19. The molecule has 2 aromatic rings. The van der Waals surface area contributed by atoms with E-state index in [1.54, 1.807) is 0 Å². The normalized spacial score (nSPS) is 22.9. The van der Waals surface area contributed by atoms with Gasteiger partial charge >= 0.3 is 6.03 Å². The van der Waals surface area contributed by atoms with Crippen LogP contribution in [0.3, 0.4) is 0 Å². The van der Waals surface area contributed by atoms with E-state index in [0.717, 1.165) is 35.3 Å². The molecule has 1 aliphatic heterocycles. The Balaban J connectivity index is 1.50. The molecule has 0 aromatic heterocycles. The molecule has 1 heterocycles. The number of imide groups is 1. The average Bonchev–Trinajstić information content (AvgIpc) is 3.02. The Morgan fingerprint density at radius 1 is 1.06 bits per heavy atom. The number of benzene rings is 2. The highest BCUT2D eigenvalue weighted by molar-refractivity contribution is 6.13. The highest BCUT2D eigenvalue weighted by Crippen LogP contribution is 2.38. The molecule has 1 saturated heterocycles. The number of hydrogen-bond donors (Lipinski definition) is 2. The average molecular weight is 418 g/mol. The maximum atomic E-state index is 13.0. The van der Waals surface area contributed by atoms with Crippen molar-refractivity contribution in [2.75, 3.05) is 6.54 Å². The molecule has 2 fully saturated rings. The summed E-state index contributed by atoms with van der Waals surface area (Å²) in [5.74, 6) is -0.782. The van der Waals surface area contributed by atoms with E-state index in [0.29, 0.717) is 12.1 Å². The minimum Gasteiger partial charge on any atom is -0.323 e. The van der Waals surface area contributed by atoms with Gasteiger partial charge in [-0.2, -0.15) is 5.10 Å². The number of urea groups is 1. The third-order valence-electron chi connectivity index (χ3n) is 6.19. The molecule has 160 valence electrons. The van der Waals surface area contributed by atoms with Gasteiger partial charge in [0.25, 0.3) is 11.8 Å². The number of hydrogen-bond acceptors (Lipinski definition) is 4. The summed E-state index contributed by atoms with van der Waals surface area (Å²) in [4.78, 5) is 39.2. The van der Waals surface area contributed by atoms with Crippen molar-refractivity contribution in [3.05, 3.63) is 71.8 Å². The zero-order valence-corrected chi connectivity index (χ0v) is 17.5. The lowest BCUT2D eigenvalue weighted by Crippen LogP contribution is -2.54. The fourth-order valence-corrected chi connectivity index (χ4v) is 4.42. The lowest BCUT2D eigenvalue weighted by molar-refractivity contribution is -0.137. The third kappa shape index (κ3) is 4.08. The molecule has 31 heavy (non-hydrogen) atoms. The van der Waals surface area contributed by atoms with E-state index in [2.05, 4.69) is 15.8 Å². The molecule has 1 aliphatic carbocycles. The predicted octanol–water partition coefficient (Wildman–Crippen LogP) is 3.06. The van der Waals surface area contributed by atoms with Crippen LogP contribution in [0.5, 0.6) is 0 Å². The Kier molecular flexibility index (Phi) is 5.84. The molecule has 0 bridgehead atoms. The summed E-state index contributed by atoms with van der Waals surface area (Å²) in [5.41, 5.74) is 3.94. The molecule has 1 spiro atoms. The first-order valence-electron chi connectivity index (χ1n) is 10.6. The molecule has 4 rings (SSSR count). The topological polar surface area (TPSA) is 90.9 Å². The van der Waals surface area contributed by atoms with E-state index >= 15 is 0 Å². The van der Waals surface area contributed by atoms with Crippen LogP contribution in [-0.2, 0) is 9.59 Å². The van der Waals surface area contributed by atoms with Crippen molar-refractivity contribution in [2.24, 2.45) is 11.0 Å². The summed E-state index contributed by atoms with van der Waals surface area (Å²) in [6, 6.07) is 18.5. The predicted molar refractivity (Wildman–Crippen MR) is 117 cm³/mol. The van der Waals surface area contributed by atoms with Gasteiger partial charge in [-0.25, -0.2) is 10.2 Å². The van der Waals surface area contributed by atoms with E-state index in [1.165, 1.54) is 0 Å². The van der Waals surface area contributed by atoms with Gasteiger partial charge in [0.1, 0.15) is 12.1 Å². The lowest BCUT2D eigenvalue weighted by atomic mass is 9.73. The summed E-state index contributed by atoms with van der Waals surface area (Å²) in [7, 11) is 0. The molecule has 7 heteroatoms. The summed E-state index contributed by atoms with van der Waals surface area (Å²) in [6.07, 6.45) is 3.43. The Morgan fingerprint density at radius 2 is 1.68 bits per heavy atom.